The Hall–Kier alpha value is -1.73. The fraction of sp³-hybridized carbons (Fsp3) is 0.571. The first-order valence-corrected chi connectivity index (χ1v) is 9.88. The van der Waals surface area contributed by atoms with Crippen LogP contribution >= 0.6 is 7.14 Å². The summed E-state index contributed by atoms with van der Waals surface area (Å²) in [4.78, 5) is 17.9. The van der Waals surface area contributed by atoms with Crippen LogP contribution in [0.1, 0.15) is 13.8 Å². The minimum Gasteiger partial charge on any atom is -0.369 e. The highest BCUT2D eigenvalue weighted by molar-refractivity contribution is 7.63. The second kappa shape index (κ2) is 7.44. The summed E-state index contributed by atoms with van der Waals surface area (Å²) in [6, 6.07) is 0. The molecule has 3 N–H and O–H groups in total. The highest BCUT2D eigenvalue weighted by Gasteiger charge is 2.22. The van der Waals surface area contributed by atoms with Gasteiger partial charge in [-0.1, -0.05) is 13.8 Å². The van der Waals surface area contributed by atoms with E-state index in [1.54, 1.807) is 13.8 Å². The molecular formula is C14H21F2N4O3P. The fourth-order valence-corrected chi connectivity index (χ4v) is 3.61. The van der Waals surface area contributed by atoms with Gasteiger partial charge in [0, 0.05) is 18.5 Å². The van der Waals surface area contributed by atoms with E-state index in [2.05, 4.69) is 9.97 Å². The van der Waals surface area contributed by atoms with Gasteiger partial charge < -0.3 is 19.6 Å². The lowest BCUT2D eigenvalue weighted by Gasteiger charge is -2.20. The van der Waals surface area contributed by atoms with Crippen molar-refractivity contribution < 1.29 is 18.1 Å². The zero-order valence-corrected chi connectivity index (χ0v) is 14.5. The number of rotatable bonds is 8. The predicted octanol–water partition coefficient (Wildman–Crippen LogP) is 2.16. The van der Waals surface area contributed by atoms with Crippen molar-refractivity contribution in [1.82, 2.24) is 14.5 Å². The van der Waals surface area contributed by atoms with Gasteiger partial charge in [0.15, 0.2) is 11.5 Å². The number of nitrogens with one attached hydrogen (secondary N) is 1. The SMILES string of the molecule is CCP(=O)(CC)CO[C@@H](CF)Cn1cc(F)c2c(=O)[nH]c(N)nc21. The number of aromatic nitrogens is 3. The summed E-state index contributed by atoms with van der Waals surface area (Å²) in [5.74, 6) is -0.935. The van der Waals surface area contributed by atoms with Crippen molar-refractivity contribution in [2.24, 2.45) is 0 Å². The van der Waals surface area contributed by atoms with Crippen LogP contribution in [-0.2, 0) is 15.8 Å². The highest BCUT2D eigenvalue weighted by atomic mass is 31.2. The van der Waals surface area contributed by atoms with Gasteiger partial charge in [-0.15, -0.1) is 0 Å². The number of halogens is 2. The van der Waals surface area contributed by atoms with Gasteiger partial charge in [-0.05, 0) is 0 Å². The van der Waals surface area contributed by atoms with Crippen molar-refractivity contribution in [3.05, 3.63) is 22.4 Å². The van der Waals surface area contributed by atoms with Gasteiger partial charge in [0.25, 0.3) is 5.56 Å². The monoisotopic (exact) mass is 362 g/mol. The average molecular weight is 362 g/mol. The van der Waals surface area contributed by atoms with Gasteiger partial charge in [-0.2, -0.15) is 4.98 Å². The zero-order valence-electron chi connectivity index (χ0n) is 13.6. The van der Waals surface area contributed by atoms with Crippen LogP contribution in [0.15, 0.2) is 11.0 Å². The lowest BCUT2D eigenvalue weighted by atomic mass is 10.4. The molecule has 0 aromatic carbocycles. The summed E-state index contributed by atoms with van der Waals surface area (Å²) in [7, 11) is -2.47. The van der Waals surface area contributed by atoms with Gasteiger partial charge in [0.05, 0.1) is 6.54 Å². The van der Waals surface area contributed by atoms with E-state index in [9.17, 15) is 18.1 Å². The molecule has 0 amide bonds. The quantitative estimate of drug-likeness (QED) is 0.701. The third-order valence-electron chi connectivity index (χ3n) is 3.97. The summed E-state index contributed by atoms with van der Waals surface area (Å²) >= 11 is 0. The van der Waals surface area contributed by atoms with Crippen LogP contribution in [0, 0.1) is 5.82 Å². The molecular weight excluding hydrogens is 341 g/mol. The molecule has 7 nitrogen and oxygen atoms in total. The lowest BCUT2D eigenvalue weighted by molar-refractivity contribution is 0.0521. The normalized spacial score (nSPS) is 13.5. The highest BCUT2D eigenvalue weighted by Crippen LogP contribution is 2.44. The first-order valence-electron chi connectivity index (χ1n) is 7.62. The molecule has 24 heavy (non-hydrogen) atoms. The number of hydrogen-bond donors (Lipinski definition) is 2. The predicted molar refractivity (Wildman–Crippen MR) is 89.1 cm³/mol. The van der Waals surface area contributed by atoms with Crippen LogP contribution in [0.5, 0.6) is 0 Å². The van der Waals surface area contributed by atoms with E-state index in [0.29, 0.717) is 12.3 Å². The van der Waals surface area contributed by atoms with Crippen LogP contribution in [-0.4, -0.2) is 46.0 Å². The Kier molecular flexibility index (Phi) is 5.77. The number of H-pyrrole nitrogens is 1. The fourth-order valence-electron chi connectivity index (χ4n) is 2.32. The summed E-state index contributed by atoms with van der Waals surface area (Å²) in [6.45, 7) is 2.69. The van der Waals surface area contributed by atoms with E-state index in [1.165, 1.54) is 4.57 Å². The molecule has 1 atom stereocenters. The van der Waals surface area contributed by atoms with E-state index in [-0.39, 0.29) is 29.9 Å². The second-order valence-electron chi connectivity index (χ2n) is 5.54. The Bertz CT molecular complexity index is 812. The van der Waals surface area contributed by atoms with Crippen molar-refractivity contribution in [1.29, 1.82) is 0 Å². The van der Waals surface area contributed by atoms with Gasteiger partial charge in [-0.3, -0.25) is 9.78 Å². The first kappa shape index (κ1) is 18.6. The van der Waals surface area contributed by atoms with E-state index >= 15 is 0 Å². The molecule has 0 unspecified atom stereocenters. The molecule has 0 saturated heterocycles. The van der Waals surface area contributed by atoms with Crippen LogP contribution in [0.25, 0.3) is 11.0 Å². The number of aromatic amines is 1. The maximum atomic E-state index is 13.9. The number of nitrogens with zero attached hydrogens (tertiary/aromatic N) is 2. The minimum atomic E-state index is -2.47. The zero-order chi connectivity index (χ0) is 17.9. The second-order valence-corrected chi connectivity index (χ2v) is 9.18. The van der Waals surface area contributed by atoms with Gasteiger partial charge in [-0.25, -0.2) is 8.78 Å². The number of hydrogen-bond acceptors (Lipinski definition) is 5. The van der Waals surface area contributed by atoms with Crippen molar-refractivity contribution in [2.45, 2.75) is 26.5 Å². The maximum absolute atomic E-state index is 13.9. The standard InChI is InChI=1S/C14H21F2N4O3P/c1-3-24(22,4-2)8-23-9(5-15)6-20-7-10(16)11-12(20)18-14(17)19-13(11)21/h7,9H,3-6,8H2,1-2H3,(H3,17,18,19,21)/t9-/m0/s1. The number of nitrogen functional groups attached to an aromatic ring is 1. The Morgan fingerprint density at radius 3 is 2.71 bits per heavy atom. The van der Waals surface area contributed by atoms with Crippen molar-refractivity contribution in [3.8, 4) is 0 Å². The molecule has 0 saturated carbocycles. The van der Waals surface area contributed by atoms with Crippen molar-refractivity contribution >= 4 is 24.1 Å². The molecule has 10 heteroatoms. The summed E-state index contributed by atoms with van der Waals surface area (Å²) in [5, 5.41) is -0.241. The Morgan fingerprint density at radius 1 is 1.46 bits per heavy atom. The Labute approximate surface area is 137 Å². The molecule has 2 aromatic rings. The summed E-state index contributed by atoms with van der Waals surface area (Å²) < 4.78 is 46.3. The third-order valence-corrected chi connectivity index (χ3v) is 6.89. The largest absolute Gasteiger partial charge is 0.369 e. The van der Waals surface area contributed by atoms with Gasteiger partial charge in [0.2, 0.25) is 5.95 Å². The molecule has 0 fully saturated rings. The smallest absolute Gasteiger partial charge is 0.264 e. The van der Waals surface area contributed by atoms with Gasteiger partial charge >= 0.3 is 0 Å². The molecule has 2 heterocycles. The molecule has 134 valence electrons. The van der Waals surface area contributed by atoms with Crippen molar-refractivity contribution in [3.63, 3.8) is 0 Å². The first-order chi connectivity index (χ1) is 11.3. The maximum Gasteiger partial charge on any atom is 0.264 e. The topological polar surface area (TPSA) is 103 Å². The number of alkyl halides is 1. The molecule has 0 aliphatic carbocycles. The minimum absolute atomic E-state index is 0.0185. The Balaban J connectivity index is 2.24. The number of fused-ring (bicyclic) bond motifs is 1. The van der Waals surface area contributed by atoms with E-state index in [4.69, 9.17) is 10.5 Å². The summed E-state index contributed by atoms with van der Waals surface area (Å²) in [5.41, 5.74) is 4.79. The van der Waals surface area contributed by atoms with E-state index in [1.807, 2.05) is 0 Å². The molecule has 0 radical (unpaired) electrons. The molecule has 2 aromatic heterocycles. The van der Waals surface area contributed by atoms with Crippen LogP contribution in [0.4, 0.5) is 14.7 Å². The number of anilines is 1. The molecule has 0 spiro atoms. The third kappa shape index (κ3) is 3.84. The molecule has 0 aliphatic rings. The molecule has 0 bridgehead atoms. The van der Waals surface area contributed by atoms with Crippen LogP contribution < -0.4 is 11.3 Å². The Morgan fingerprint density at radius 2 is 2.12 bits per heavy atom. The number of nitrogens with two attached hydrogens (primary N) is 1. The van der Waals surface area contributed by atoms with Crippen LogP contribution in [0.2, 0.25) is 0 Å². The van der Waals surface area contributed by atoms with Crippen LogP contribution in [0.3, 0.4) is 0 Å². The molecule has 0 aliphatic heterocycles. The average Bonchev–Trinajstić information content (AvgIpc) is 2.86. The van der Waals surface area contributed by atoms with Gasteiger partial charge in [0.1, 0.15) is 31.7 Å². The molecule has 2 rings (SSSR count). The van der Waals surface area contributed by atoms with E-state index < -0.39 is 31.3 Å². The van der Waals surface area contributed by atoms with Crippen molar-refractivity contribution in [2.75, 3.05) is 31.1 Å². The summed E-state index contributed by atoms with van der Waals surface area (Å²) in [6.07, 6.45) is 1.03. The lowest BCUT2D eigenvalue weighted by Crippen LogP contribution is -2.23. The van der Waals surface area contributed by atoms with E-state index in [0.717, 1.165) is 6.20 Å². The number of ether oxygens (including phenoxy) is 1.